The zero-order valence-corrected chi connectivity index (χ0v) is 17.6. The summed E-state index contributed by atoms with van der Waals surface area (Å²) in [5.74, 6) is 1.52. The molecular weight excluding hydrogens is 419 g/mol. The number of likely N-dealkylation sites (N-methyl/N-ethyl adjacent to an activating group) is 1. The van der Waals surface area contributed by atoms with Gasteiger partial charge < -0.3 is 19.9 Å². The number of carbonyl (C=O) groups excluding carboxylic acids is 1. The highest BCUT2D eigenvalue weighted by Gasteiger charge is 2.27. The molecule has 1 aliphatic heterocycles. The molecule has 7 heteroatoms. The smallest absolute Gasteiger partial charge is 0.243 e. The number of aliphatic imine (C=N–C) groups is 1. The second-order valence-electron chi connectivity index (χ2n) is 6.81. The molecule has 1 heterocycles. The average molecular weight is 452 g/mol. The summed E-state index contributed by atoms with van der Waals surface area (Å²) in [5.41, 5.74) is 0. The Kier molecular flexibility index (Phi) is 9.95. The highest BCUT2D eigenvalue weighted by molar-refractivity contribution is 14.0. The Morgan fingerprint density at radius 3 is 2.62 bits per heavy atom. The number of likely N-dealkylation sites (tertiary alicyclic amines) is 1. The van der Waals surface area contributed by atoms with E-state index in [0.717, 1.165) is 38.7 Å². The monoisotopic (exact) mass is 452 g/mol. The zero-order chi connectivity index (χ0) is 16.7. The molecule has 2 fully saturated rings. The van der Waals surface area contributed by atoms with Crippen molar-refractivity contribution >= 4 is 35.8 Å². The summed E-state index contributed by atoms with van der Waals surface area (Å²) < 4.78 is 5.56. The molecule has 0 aromatic carbocycles. The zero-order valence-electron chi connectivity index (χ0n) is 15.3. The van der Waals surface area contributed by atoms with Gasteiger partial charge in [-0.2, -0.15) is 0 Å². The number of hydrogen-bond donors (Lipinski definition) is 1. The van der Waals surface area contributed by atoms with E-state index in [1.807, 2.05) is 6.92 Å². The van der Waals surface area contributed by atoms with Crippen LogP contribution in [-0.2, 0) is 9.53 Å². The Labute approximate surface area is 163 Å². The van der Waals surface area contributed by atoms with Crippen LogP contribution in [0.25, 0.3) is 0 Å². The first-order valence-electron chi connectivity index (χ1n) is 8.94. The molecule has 1 saturated carbocycles. The minimum absolute atomic E-state index is 0. The molecule has 1 saturated heterocycles. The molecule has 0 aromatic rings. The van der Waals surface area contributed by atoms with Gasteiger partial charge >= 0.3 is 0 Å². The molecule has 0 bridgehead atoms. The van der Waals surface area contributed by atoms with Gasteiger partial charge in [-0.05, 0) is 26.2 Å². The molecule has 24 heavy (non-hydrogen) atoms. The number of guanidine groups is 1. The van der Waals surface area contributed by atoms with E-state index in [9.17, 15) is 4.79 Å². The Bertz CT molecular complexity index is 411. The largest absolute Gasteiger partial charge is 0.381 e. The molecule has 2 aliphatic rings. The molecule has 0 radical (unpaired) electrons. The number of nitrogens with one attached hydrogen (secondary N) is 1. The third kappa shape index (κ3) is 6.74. The van der Waals surface area contributed by atoms with Gasteiger partial charge in [0.2, 0.25) is 5.91 Å². The SMILES string of the molecule is CCOCC1CCN(C(=NCC(=O)N(C)C)NC2CCCC2)C1.I. The number of rotatable bonds is 6. The van der Waals surface area contributed by atoms with Crippen molar-refractivity contribution in [1.29, 1.82) is 0 Å². The van der Waals surface area contributed by atoms with Crippen LogP contribution in [0.3, 0.4) is 0 Å². The Balaban J connectivity index is 0.00000288. The Morgan fingerprint density at radius 2 is 2.00 bits per heavy atom. The van der Waals surface area contributed by atoms with Crippen LogP contribution in [0.15, 0.2) is 4.99 Å². The highest BCUT2D eigenvalue weighted by Crippen LogP contribution is 2.20. The molecule has 1 N–H and O–H groups in total. The van der Waals surface area contributed by atoms with Crippen molar-refractivity contribution in [2.45, 2.75) is 45.1 Å². The first-order chi connectivity index (χ1) is 11.1. The fourth-order valence-electron chi connectivity index (χ4n) is 3.22. The fraction of sp³-hybridized carbons (Fsp3) is 0.882. The lowest BCUT2D eigenvalue weighted by molar-refractivity contribution is -0.127. The molecule has 1 unspecified atom stereocenters. The molecule has 6 nitrogen and oxygen atoms in total. The predicted molar refractivity (Wildman–Crippen MR) is 108 cm³/mol. The van der Waals surface area contributed by atoms with Gasteiger partial charge in [0.05, 0.1) is 6.61 Å². The molecule has 0 aromatic heterocycles. The van der Waals surface area contributed by atoms with Gasteiger partial charge in [0.15, 0.2) is 5.96 Å². The molecule has 140 valence electrons. The third-order valence-corrected chi connectivity index (χ3v) is 4.69. The lowest BCUT2D eigenvalue weighted by Crippen LogP contribution is -2.45. The van der Waals surface area contributed by atoms with Crippen LogP contribution in [0.2, 0.25) is 0 Å². The summed E-state index contributed by atoms with van der Waals surface area (Å²) in [7, 11) is 3.55. The minimum atomic E-state index is 0. The molecule has 0 spiro atoms. The lowest BCUT2D eigenvalue weighted by Gasteiger charge is -2.25. The summed E-state index contributed by atoms with van der Waals surface area (Å²) in [6, 6.07) is 0.508. The van der Waals surface area contributed by atoms with Crippen molar-refractivity contribution in [3.63, 3.8) is 0 Å². The first kappa shape index (κ1) is 21.5. The predicted octanol–water partition coefficient (Wildman–Crippen LogP) is 1.94. The van der Waals surface area contributed by atoms with E-state index in [4.69, 9.17) is 4.74 Å². The van der Waals surface area contributed by atoms with Crippen LogP contribution < -0.4 is 5.32 Å². The number of nitrogens with zero attached hydrogens (tertiary/aromatic N) is 3. The highest BCUT2D eigenvalue weighted by atomic mass is 127. The molecule has 2 rings (SSSR count). The van der Waals surface area contributed by atoms with Gasteiger partial charge in [0.25, 0.3) is 0 Å². The Hall–Kier alpha value is -0.570. The third-order valence-electron chi connectivity index (χ3n) is 4.69. The summed E-state index contributed by atoms with van der Waals surface area (Å²) in [6.45, 7) is 5.80. The van der Waals surface area contributed by atoms with Gasteiger partial charge in [-0.25, -0.2) is 4.99 Å². The standard InChI is InChI=1S/C17H32N4O2.HI/c1-4-23-13-14-9-10-21(12-14)17(18-11-16(22)20(2)3)19-15-7-5-6-8-15;/h14-15H,4-13H2,1-3H3,(H,18,19);1H. The van der Waals surface area contributed by atoms with Crippen LogP contribution in [0.4, 0.5) is 0 Å². The maximum absolute atomic E-state index is 11.9. The maximum atomic E-state index is 11.9. The molecule has 1 amide bonds. The normalized spacial score (nSPS) is 21.7. The average Bonchev–Trinajstić information content (AvgIpc) is 3.20. The number of halogens is 1. The fourth-order valence-corrected chi connectivity index (χ4v) is 3.22. The quantitative estimate of drug-likeness (QED) is 0.380. The summed E-state index contributed by atoms with van der Waals surface area (Å²) >= 11 is 0. The van der Waals surface area contributed by atoms with Crippen LogP contribution >= 0.6 is 24.0 Å². The summed E-state index contributed by atoms with van der Waals surface area (Å²) in [5, 5.41) is 3.59. The minimum Gasteiger partial charge on any atom is -0.381 e. The van der Waals surface area contributed by atoms with E-state index in [-0.39, 0.29) is 36.4 Å². The van der Waals surface area contributed by atoms with Gasteiger partial charge in [-0.15, -0.1) is 24.0 Å². The van der Waals surface area contributed by atoms with Crippen LogP contribution in [-0.4, -0.2) is 74.7 Å². The number of hydrogen-bond acceptors (Lipinski definition) is 3. The van der Waals surface area contributed by atoms with Crippen molar-refractivity contribution in [1.82, 2.24) is 15.1 Å². The van der Waals surface area contributed by atoms with Crippen molar-refractivity contribution in [2.24, 2.45) is 10.9 Å². The van der Waals surface area contributed by atoms with Crippen molar-refractivity contribution in [3.05, 3.63) is 0 Å². The van der Waals surface area contributed by atoms with Crippen LogP contribution in [0.1, 0.15) is 39.0 Å². The summed E-state index contributed by atoms with van der Waals surface area (Å²) in [4.78, 5) is 20.4. The van der Waals surface area contributed by atoms with E-state index in [1.165, 1.54) is 25.7 Å². The number of carbonyl (C=O) groups is 1. The van der Waals surface area contributed by atoms with Crippen LogP contribution in [0.5, 0.6) is 0 Å². The van der Waals surface area contributed by atoms with E-state index in [0.29, 0.717) is 12.0 Å². The molecule has 1 aliphatic carbocycles. The second-order valence-corrected chi connectivity index (χ2v) is 6.81. The van der Waals surface area contributed by atoms with E-state index in [2.05, 4.69) is 15.2 Å². The van der Waals surface area contributed by atoms with Gasteiger partial charge in [-0.1, -0.05) is 12.8 Å². The van der Waals surface area contributed by atoms with E-state index < -0.39 is 0 Å². The van der Waals surface area contributed by atoms with Gasteiger partial charge in [0, 0.05) is 45.8 Å². The van der Waals surface area contributed by atoms with Gasteiger partial charge in [0.1, 0.15) is 6.54 Å². The number of amides is 1. The van der Waals surface area contributed by atoms with Crippen molar-refractivity contribution in [3.8, 4) is 0 Å². The second kappa shape index (κ2) is 11.1. The summed E-state index contributed by atoms with van der Waals surface area (Å²) in [6.07, 6.45) is 6.11. The maximum Gasteiger partial charge on any atom is 0.243 e. The van der Waals surface area contributed by atoms with Crippen LogP contribution in [0, 0.1) is 5.92 Å². The molecular formula is C17H33IN4O2. The lowest BCUT2D eigenvalue weighted by atomic mass is 10.1. The topological polar surface area (TPSA) is 57.2 Å². The molecule has 1 atom stereocenters. The first-order valence-corrected chi connectivity index (χ1v) is 8.94. The van der Waals surface area contributed by atoms with E-state index >= 15 is 0 Å². The Morgan fingerprint density at radius 1 is 1.29 bits per heavy atom. The van der Waals surface area contributed by atoms with Gasteiger partial charge in [-0.3, -0.25) is 4.79 Å². The number of ether oxygens (including phenoxy) is 1. The van der Waals surface area contributed by atoms with Crippen molar-refractivity contribution < 1.29 is 9.53 Å². The van der Waals surface area contributed by atoms with E-state index in [1.54, 1.807) is 19.0 Å². The van der Waals surface area contributed by atoms with Crippen molar-refractivity contribution in [2.75, 3.05) is 46.9 Å².